The molecule has 1 fully saturated rings. The molecular weight excluding hydrogens is 312 g/mol. The number of thiophene rings is 1. The van der Waals surface area contributed by atoms with Crippen LogP contribution in [0.15, 0.2) is 6.07 Å². The van der Waals surface area contributed by atoms with E-state index in [0.717, 1.165) is 24.1 Å². The van der Waals surface area contributed by atoms with Gasteiger partial charge in [0.1, 0.15) is 6.10 Å². The first kappa shape index (κ1) is 17.9. The number of carbonyl (C=O) groups excluding carboxylic acids is 2. The minimum atomic E-state index is -0.974. The van der Waals surface area contributed by atoms with Gasteiger partial charge in [-0.1, -0.05) is 20.3 Å². The van der Waals surface area contributed by atoms with Gasteiger partial charge in [0.15, 0.2) is 0 Å². The summed E-state index contributed by atoms with van der Waals surface area (Å²) in [5, 5.41) is 9.37. The molecule has 1 aromatic heterocycles. The fourth-order valence-corrected chi connectivity index (χ4v) is 4.18. The fraction of sp³-hybridized carbons (Fsp3) is 0.647. The van der Waals surface area contributed by atoms with Crippen LogP contribution in [0.4, 0.5) is 0 Å². The zero-order chi connectivity index (χ0) is 17.0. The molecule has 1 atom stereocenters. The third-order valence-electron chi connectivity index (χ3n) is 4.20. The second kappa shape index (κ2) is 7.93. The van der Waals surface area contributed by atoms with Crippen LogP contribution in [0.3, 0.4) is 0 Å². The first-order valence-corrected chi connectivity index (χ1v) is 9.17. The number of amides is 2. The Morgan fingerprint density at radius 1 is 1.22 bits per heavy atom. The molecule has 1 saturated heterocycles. The molecule has 2 amide bonds. The number of hydrogen-bond donors (Lipinski definition) is 1. The van der Waals surface area contributed by atoms with Crippen LogP contribution < -0.4 is 0 Å². The van der Waals surface area contributed by atoms with E-state index in [1.165, 1.54) is 17.4 Å². The molecule has 2 rings (SSSR count). The minimum Gasteiger partial charge on any atom is -0.384 e. The summed E-state index contributed by atoms with van der Waals surface area (Å²) in [6.07, 6.45) is 2.09. The lowest BCUT2D eigenvalue weighted by Crippen LogP contribution is -2.52. The van der Waals surface area contributed by atoms with Gasteiger partial charge in [-0.3, -0.25) is 9.59 Å². The van der Waals surface area contributed by atoms with E-state index in [9.17, 15) is 14.7 Å². The molecule has 5 nitrogen and oxygen atoms in total. The number of piperazine rings is 1. The zero-order valence-corrected chi connectivity index (χ0v) is 15.0. The molecule has 0 radical (unpaired) electrons. The van der Waals surface area contributed by atoms with Crippen LogP contribution in [-0.4, -0.2) is 59.0 Å². The van der Waals surface area contributed by atoms with Crippen molar-refractivity contribution in [3.63, 3.8) is 0 Å². The molecule has 0 saturated carbocycles. The first-order valence-electron chi connectivity index (χ1n) is 8.35. The Labute approximate surface area is 141 Å². The summed E-state index contributed by atoms with van der Waals surface area (Å²) >= 11 is 1.61. The monoisotopic (exact) mass is 338 g/mol. The van der Waals surface area contributed by atoms with Gasteiger partial charge in [-0.25, -0.2) is 0 Å². The van der Waals surface area contributed by atoms with Crippen molar-refractivity contribution in [2.24, 2.45) is 0 Å². The SMILES string of the molecule is CCCc1sc(C(=O)N2CCN(C(=O)C(C)O)CC2)cc1CC. The molecule has 0 aromatic carbocycles. The Morgan fingerprint density at radius 3 is 2.35 bits per heavy atom. The van der Waals surface area contributed by atoms with Crippen LogP contribution in [0.5, 0.6) is 0 Å². The third-order valence-corrected chi connectivity index (χ3v) is 5.43. The Hall–Kier alpha value is -1.40. The molecule has 1 aliphatic rings. The molecule has 1 unspecified atom stereocenters. The van der Waals surface area contributed by atoms with Crippen LogP contribution in [0.25, 0.3) is 0 Å². The first-order chi connectivity index (χ1) is 11.0. The average molecular weight is 338 g/mol. The van der Waals surface area contributed by atoms with E-state index >= 15 is 0 Å². The van der Waals surface area contributed by atoms with Crippen molar-refractivity contribution in [3.05, 3.63) is 21.4 Å². The standard InChI is InChI=1S/C17H26N2O3S/c1-4-6-14-13(5-2)11-15(23-14)17(22)19-9-7-18(8-10-19)16(21)12(3)20/h11-12,20H,4-10H2,1-3H3. The summed E-state index contributed by atoms with van der Waals surface area (Å²) in [6, 6.07) is 2.03. The van der Waals surface area contributed by atoms with Gasteiger partial charge in [0.2, 0.25) is 0 Å². The van der Waals surface area contributed by atoms with E-state index in [4.69, 9.17) is 0 Å². The Balaban J connectivity index is 2.01. The van der Waals surface area contributed by atoms with Crippen molar-refractivity contribution in [1.29, 1.82) is 0 Å². The van der Waals surface area contributed by atoms with Crippen molar-refractivity contribution in [1.82, 2.24) is 9.80 Å². The maximum absolute atomic E-state index is 12.7. The van der Waals surface area contributed by atoms with E-state index in [-0.39, 0.29) is 11.8 Å². The van der Waals surface area contributed by atoms with Crippen molar-refractivity contribution < 1.29 is 14.7 Å². The third kappa shape index (κ3) is 4.12. The Kier molecular flexibility index (Phi) is 6.18. The zero-order valence-electron chi connectivity index (χ0n) is 14.2. The summed E-state index contributed by atoms with van der Waals surface area (Å²) in [7, 11) is 0. The minimum absolute atomic E-state index is 0.0659. The van der Waals surface area contributed by atoms with Crippen LogP contribution in [-0.2, 0) is 17.6 Å². The van der Waals surface area contributed by atoms with Gasteiger partial charge in [-0.05, 0) is 31.4 Å². The van der Waals surface area contributed by atoms with E-state index in [2.05, 4.69) is 13.8 Å². The molecule has 0 spiro atoms. The molecule has 6 heteroatoms. The van der Waals surface area contributed by atoms with E-state index in [1.54, 1.807) is 16.2 Å². The second-order valence-corrected chi connectivity index (χ2v) is 7.09. The van der Waals surface area contributed by atoms with Crippen LogP contribution >= 0.6 is 11.3 Å². The van der Waals surface area contributed by atoms with E-state index in [1.807, 2.05) is 11.0 Å². The largest absolute Gasteiger partial charge is 0.384 e. The maximum atomic E-state index is 12.7. The highest BCUT2D eigenvalue weighted by Crippen LogP contribution is 2.26. The lowest BCUT2D eigenvalue weighted by atomic mass is 10.1. The number of nitrogens with zero attached hydrogens (tertiary/aromatic N) is 2. The van der Waals surface area contributed by atoms with E-state index < -0.39 is 6.10 Å². The van der Waals surface area contributed by atoms with Crippen LogP contribution in [0.2, 0.25) is 0 Å². The van der Waals surface area contributed by atoms with Gasteiger partial charge in [0.05, 0.1) is 4.88 Å². The Morgan fingerprint density at radius 2 is 1.83 bits per heavy atom. The smallest absolute Gasteiger partial charge is 0.264 e. The molecule has 1 aliphatic heterocycles. The lowest BCUT2D eigenvalue weighted by molar-refractivity contribution is -0.140. The molecule has 0 aliphatic carbocycles. The van der Waals surface area contributed by atoms with Gasteiger partial charge in [0, 0.05) is 31.1 Å². The number of rotatable bonds is 5. The number of carbonyl (C=O) groups is 2. The molecule has 1 N–H and O–H groups in total. The van der Waals surface area contributed by atoms with Crippen molar-refractivity contribution in [2.45, 2.75) is 46.1 Å². The van der Waals surface area contributed by atoms with E-state index in [0.29, 0.717) is 26.2 Å². The summed E-state index contributed by atoms with van der Waals surface area (Å²) in [6.45, 7) is 7.79. The van der Waals surface area contributed by atoms with Crippen LogP contribution in [0.1, 0.15) is 47.3 Å². The van der Waals surface area contributed by atoms with Gasteiger partial charge in [0.25, 0.3) is 11.8 Å². The molecule has 2 heterocycles. The molecule has 1 aromatic rings. The molecule has 0 bridgehead atoms. The maximum Gasteiger partial charge on any atom is 0.264 e. The summed E-state index contributed by atoms with van der Waals surface area (Å²) in [5.41, 5.74) is 1.28. The number of aliphatic hydroxyl groups is 1. The Bertz CT molecular complexity index is 560. The average Bonchev–Trinajstić information content (AvgIpc) is 2.97. The van der Waals surface area contributed by atoms with Gasteiger partial charge < -0.3 is 14.9 Å². The fourth-order valence-electron chi connectivity index (χ4n) is 2.86. The van der Waals surface area contributed by atoms with Crippen molar-refractivity contribution >= 4 is 23.2 Å². The summed E-state index contributed by atoms with van der Waals surface area (Å²) < 4.78 is 0. The van der Waals surface area contributed by atoms with Gasteiger partial charge >= 0.3 is 0 Å². The second-order valence-electron chi connectivity index (χ2n) is 5.96. The quantitative estimate of drug-likeness (QED) is 0.892. The number of aliphatic hydroxyl groups excluding tert-OH is 1. The predicted molar refractivity (Wildman–Crippen MR) is 91.9 cm³/mol. The van der Waals surface area contributed by atoms with Crippen LogP contribution in [0, 0.1) is 0 Å². The summed E-state index contributed by atoms with van der Waals surface area (Å²) in [4.78, 5) is 30.0. The number of hydrogen-bond acceptors (Lipinski definition) is 4. The molecular formula is C17H26N2O3S. The lowest BCUT2D eigenvalue weighted by Gasteiger charge is -2.35. The van der Waals surface area contributed by atoms with Crippen molar-refractivity contribution in [3.8, 4) is 0 Å². The number of aryl methyl sites for hydroxylation is 2. The highest BCUT2D eigenvalue weighted by atomic mass is 32.1. The normalized spacial score (nSPS) is 16.5. The highest BCUT2D eigenvalue weighted by Gasteiger charge is 2.27. The predicted octanol–water partition coefficient (Wildman–Crippen LogP) is 1.93. The molecule has 23 heavy (non-hydrogen) atoms. The van der Waals surface area contributed by atoms with Gasteiger partial charge in [-0.2, -0.15) is 0 Å². The van der Waals surface area contributed by atoms with Gasteiger partial charge in [-0.15, -0.1) is 11.3 Å². The summed E-state index contributed by atoms with van der Waals surface area (Å²) in [5.74, 6) is -0.192. The molecule has 128 valence electrons. The van der Waals surface area contributed by atoms with Crippen molar-refractivity contribution in [2.75, 3.05) is 26.2 Å². The topological polar surface area (TPSA) is 60.9 Å². The highest BCUT2D eigenvalue weighted by molar-refractivity contribution is 7.14.